The largest absolute Gasteiger partial charge is 0.465 e. The van der Waals surface area contributed by atoms with Crippen LogP contribution in [0, 0.1) is 5.92 Å². The molecule has 0 spiro atoms. The van der Waals surface area contributed by atoms with E-state index in [0.29, 0.717) is 19.7 Å². The third-order valence-corrected chi connectivity index (χ3v) is 3.84. The fraction of sp³-hybridized carbons (Fsp3) is 0.647. The van der Waals surface area contributed by atoms with Crippen molar-refractivity contribution in [2.24, 2.45) is 5.92 Å². The molecular formula is C17H30N3O3+. The standard InChI is InChI=1S/C17H29N3O3/c1-4-6-12-23-17(22)15-13-16(21)20(14-15)10-7-9-19(5-2)11-8-18-3/h5,8,11,15,18H,2,4,6-7,9-10,12-14H2,1,3H3/p+1/b11-8-. The van der Waals surface area contributed by atoms with Gasteiger partial charge >= 0.3 is 5.97 Å². The normalized spacial score (nSPS) is 17.7. The Bertz CT molecular complexity index is 423. The zero-order chi connectivity index (χ0) is 17.1. The highest BCUT2D eigenvalue weighted by Crippen LogP contribution is 2.19. The van der Waals surface area contributed by atoms with Crippen LogP contribution in [0.3, 0.4) is 0 Å². The van der Waals surface area contributed by atoms with Gasteiger partial charge in [-0.05, 0) is 19.0 Å². The number of hydrogen-bond acceptors (Lipinski definition) is 4. The Balaban J connectivity index is 2.32. The molecule has 0 bridgehead atoms. The van der Waals surface area contributed by atoms with Crippen molar-refractivity contribution in [1.29, 1.82) is 0 Å². The van der Waals surface area contributed by atoms with E-state index in [2.05, 4.69) is 13.5 Å². The van der Waals surface area contributed by atoms with Crippen molar-refractivity contribution in [3.05, 3.63) is 25.2 Å². The Morgan fingerprint density at radius 2 is 2.30 bits per heavy atom. The number of quaternary nitrogens is 1. The van der Waals surface area contributed by atoms with Gasteiger partial charge in [0.15, 0.2) is 0 Å². The molecule has 0 saturated carbocycles. The van der Waals surface area contributed by atoms with Gasteiger partial charge in [-0.1, -0.05) is 19.9 Å². The second-order valence-electron chi connectivity index (χ2n) is 5.71. The minimum atomic E-state index is -0.301. The number of carbonyl (C=O) groups is 2. The average molecular weight is 324 g/mol. The maximum atomic E-state index is 12.0. The first-order valence-electron chi connectivity index (χ1n) is 8.41. The molecular weight excluding hydrogens is 294 g/mol. The maximum absolute atomic E-state index is 12.0. The maximum Gasteiger partial charge on any atom is 0.311 e. The highest BCUT2D eigenvalue weighted by molar-refractivity contribution is 5.86. The molecule has 130 valence electrons. The summed E-state index contributed by atoms with van der Waals surface area (Å²) in [5, 5.41) is 1.95. The molecule has 0 aromatic rings. The number of hydrogen-bond donors (Lipinski definition) is 1. The molecule has 6 nitrogen and oxygen atoms in total. The van der Waals surface area contributed by atoms with Crippen LogP contribution in [-0.2, 0) is 14.3 Å². The molecule has 23 heavy (non-hydrogen) atoms. The second kappa shape index (κ2) is 10.8. The second-order valence-corrected chi connectivity index (χ2v) is 5.71. The molecule has 1 aliphatic heterocycles. The van der Waals surface area contributed by atoms with E-state index in [0.717, 1.165) is 25.8 Å². The summed E-state index contributed by atoms with van der Waals surface area (Å²) in [7, 11) is 1.96. The van der Waals surface area contributed by atoms with Crippen LogP contribution < -0.4 is 5.32 Å². The van der Waals surface area contributed by atoms with Gasteiger partial charge in [0.1, 0.15) is 6.20 Å². The summed E-state index contributed by atoms with van der Waals surface area (Å²) < 4.78 is 5.22. The van der Waals surface area contributed by atoms with Crippen molar-refractivity contribution >= 4 is 11.9 Å². The quantitative estimate of drug-likeness (QED) is 0.448. The van der Waals surface area contributed by atoms with Crippen LogP contribution in [0.1, 0.15) is 32.6 Å². The molecule has 1 unspecified atom stereocenters. The monoisotopic (exact) mass is 324 g/mol. The van der Waals surface area contributed by atoms with Crippen LogP contribution in [0.5, 0.6) is 0 Å². The van der Waals surface area contributed by atoms with Gasteiger partial charge in [-0.3, -0.25) is 9.59 Å². The summed E-state index contributed by atoms with van der Waals surface area (Å²) in [6.45, 7) is 8.21. The highest BCUT2D eigenvalue weighted by atomic mass is 16.5. The minimum Gasteiger partial charge on any atom is -0.465 e. The Morgan fingerprint density at radius 3 is 2.96 bits per heavy atom. The third kappa shape index (κ3) is 6.86. The molecule has 0 radical (unpaired) electrons. The molecule has 2 N–H and O–H groups in total. The van der Waals surface area contributed by atoms with Gasteiger partial charge in [0.25, 0.3) is 0 Å². The number of likely N-dealkylation sites (tertiary alicyclic amines) is 1. The van der Waals surface area contributed by atoms with E-state index >= 15 is 0 Å². The predicted octanol–water partition coefficient (Wildman–Crippen LogP) is 0.678. The number of unbranched alkanes of at least 4 members (excludes halogenated alkanes) is 1. The van der Waals surface area contributed by atoms with E-state index in [1.165, 1.54) is 0 Å². The number of carbonyl (C=O) groups excluding carboxylic acids is 2. The van der Waals surface area contributed by atoms with Crippen molar-refractivity contribution in [2.75, 3.05) is 33.3 Å². The number of nitrogens with zero attached hydrogens (tertiary/aromatic N) is 2. The lowest BCUT2D eigenvalue weighted by atomic mass is 10.1. The Kier molecular flexibility index (Phi) is 9.05. The van der Waals surface area contributed by atoms with Crippen LogP contribution in [0.15, 0.2) is 25.2 Å². The molecule has 0 aromatic carbocycles. The van der Waals surface area contributed by atoms with E-state index < -0.39 is 0 Å². The Hall–Kier alpha value is -1.82. The predicted molar refractivity (Wildman–Crippen MR) is 89.1 cm³/mol. The van der Waals surface area contributed by atoms with Crippen molar-refractivity contribution in [2.45, 2.75) is 32.6 Å². The van der Waals surface area contributed by atoms with Crippen LogP contribution >= 0.6 is 0 Å². The molecule has 1 amide bonds. The first kappa shape index (κ1) is 19.2. The van der Waals surface area contributed by atoms with E-state index in [9.17, 15) is 9.59 Å². The molecule has 1 heterocycles. The minimum absolute atomic E-state index is 0.0463. The first-order valence-corrected chi connectivity index (χ1v) is 8.41. The topological polar surface area (TPSA) is 66.5 Å². The van der Waals surface area contributed by atoms with Crippen molar-refractivity contribution in [3.63, 3.8) is 0 Å². The molecule has 0 aromatic heterocycles. The van der Waals surface area contributed by atoms with Gasteiger partial charge in [-0.2, -0.15) is 0 Å². The summed E-state index contributed by atoms with van der Waals surface area (Å²) in [6, 6.07) is 0. The average Bonchev–Trinajstić information content (AvgIpc) is 2.92. The molecule has 1 aliphatic rings. The third-order valence-electron chi connectivity index (χ3n) is 3.84. The van der Waals surface area contributed by atoms with Gasteiger partial charge in [-0.25, -0.2) is 0 Å². The van der Waals surface area contributed by atoms with E-state index in [-0.39, 0.29) is 24.2 Å². The van der Waals surface area contributed by atoms with Gasteiger partial charge in [-0.15, -0.1) is 0 Å². The molecule has 1 saturated heterocycles. The molecule has 1 fully saturated rings. The zero-order valence-electron chi connectivity index (χ0n) is 14.4. The smallest absolute Gasteiger partial charge is 0.311 e. The number of amides is 1. The highest BCUT2D eigenvalue weighted by Gasteiger charge is 2.34. The molecule has 1 rings (SSSR count). The fourth-order valence-corrected chi connectivity index (χ4v) is 2.45. The van der Waals surface area contributed by atoms with Gasteiger partial charge in [0.05, 0.1) is 25.8 Å². The lowest BCUT2D eigenvalue weighted by molar-refractivity contribution is -0.557. The van der Waals surface area contributed by atoms with Gasteiger partial charge < -0.3 is 19.9 Å². The summed E-state index contributed by atoms with van der Waals surface area (Å²) in [5.41, 5.74) is 0. The SMILES string of the molecule is C=CN(/C=C\[NH2+]C)CCCN1CC(C(=O)OCCCC)CC1=O. The summed E-state index contributed by atoms with van der Waals surface area (Å²) in [4.78, 5) is 27.7. The van der Waals surface area contributed by atoms with E-state index in [1.54, 1.807) is 11.1 Å². The van der Waals surface area contributed by atoms with Gasteiger partial charge in [0.2, 0.25) is 5.91 Å². The van der Waals surface area contributed by atoms with Crippen LogP contribution in [0.2, 0.25) is 0 Å². The molecule has 6 heteroatoms. The summed E-state index contributed by atoms with van der Waals surface area (Å²) in [6.07, 6.45) is 8.64. The number of esters is 1. The number of rotatable bonds is 11. The summed E-state index contributed by atoms with van der Waals surface area (Å²) in [5.74, 6) is -0.488. The molecule has 1 atom stereocenters. The summed E-state index contributed by atoms with van der Waals surface area (Å²) >= 11 is 0. The van der Waals surface area contributed by atoms with Crippen LogP contribution in [0.25, 0.3) is 0 Å². The van der Waals surface area contributed by atoms with Crippen LogP contribution in [0.4, 0.5) is 0 Å². The van der Waals surface area contributed by atoms with Crippen molar-refractivity contribution < 1.29 is 19.6 Å². The number of ether oxygens (including phenoxy) is 1. The Labute approximate surface area is 139 Å². The van der Waals surface area contributed by atoms with E-state index in [1.807, 2.05) is 29.7 Å². The van der Waals surface area contributed by atoms with Crippen molar-refractivity contribution in [1.82, 2.24) is 9.80 Å². The lowest BCUT2D eigenvalue weighted by Crippen LogP contribution is -2.72. The number of nitrogens with two attached hydrogens (primary N) is 1. The lowest BCUT2D eigenvalue weighted by Gasteiger charge is -2.19. The van der Waals surface area contributed by atoms with Gasteiger partial charge in [0, 0.05) is 26.1 Å². The zero-order valence-corrected chi connectivity index (χ0v) is 14.4. The van der Waals surface area contributed by atoms with Crippen molar-refractivity contribution in [3.8, 4) is 0 Å². The first-order chi connectivity index (χ1) is 11.1. The Morgan fingerprint density at radius 1 is 1.52 bits per heavy atom. The van der Waals surface area contributed by atoms with Crippen LogP contribution in [-0.4, -0.2) is 55.0 Å². The fourth-order valence-electron chi connectivity index (χ4n) is 2.45. The van der Waals surface area contributed by atoms with E-state index in [4.69, 9.17) is 4.74 Å². The molecule has 0 aliphatic carbocycles.